The Morgan fingerprint density at radius 1 is 0.688 bits per heavy atom. The van der Waals surface area contributed by atoms with Gasteiger partial charge in [0.25, 0.3) is 0 Å². The lowest BCUT2D eigenvalue weighted by Gasteiger charge is -2.31. The van der Waals surface area contributed by atoms with Gasteiger partial charge in [-0.05, 0) is 93.1 Å². The predicted molar refractivity (Wildman–Crippen MR) is 191 cm³/mol. The van der Waals surface area contributed by atoms with Gasteiger partial charge in [0.15, 0.2) is 0 Å². The van der Waals surface area contributed by atoms with Crippen LogP contribution in [-0.2, 0) is 16.0 Å². The van der Waals surface area contributed by atoms with E-state index in [4.69, 9.17) is 19.4 Å². The fourth-order valence-corrected chi connectivity index (χ4v) is 5.84. The number of nitrogens with one attached hydrogen (secondary N) is 4. The Morgan fingerprint density at radius 3 is 1.75 bits per heavy atom. The van der Waals surface area contributed by atoms with Crippen molar-refractivity contribution in [3.63, 3.8) is 0 Å². The number of nitrogens with zero attached hydrogens (tertiary/aromatic N) is 2. The molecule has 0 spiro atoms. The van der Waals surface area contributed by atoms with Crippen molar-refractivity contribution >= 4 is 55.8 Å². The molecule has 0 aliphatic carbocycles. The van der Waals surface area contributed by atoms with Crippen LogP contribution in [0.4, 0.5) is 9.59 Å². The number of hydrogen-bond acceptors (Lipinski definition) is 6. The van der Waals surface area contributed by atoms with Gasteiger partial charge in [-0.15, -0.1) is 0 Å². The van der Waals surface area contributed by atoms with Crippen molar-refractivity contribution in [2.24, 2.45) is 5.41 Å². The van der Waals surface area contributed by atoms with Gasteiger partial charge in [0.05, 0.1) is 34.7 Å². The number of ether oxygens (including phenoxy) is 2. The number of aromatic amines is 2. The van der Waals surface area contributed by atoms with Gasteiger partial charge in [-0.3, -0.25) is 0 Å². The van der Waals surface area contributed by atoms with E-state index in [1.165, 1.54) is 0 Å². The summed E-state index contributed by atoms with van der Waals surface area (Å²) >= 11 is 0. The molecule has 4 aromatic carbocycles. The highest BCUT2D eigenvalue weighted by Crippen LogP contribution is 2.36. The van der Waals surface area contributed by atoms with E-state index >= 15 is 0 Å². The molecule has 48 heavy (non-hydrogen) atoms. The fourth-order valence-electron chi connectivity index (χ4n) is 5.84. The van der Waals surface area contributed by atoms with Crippen molar-refractivity contribution in [3.05, 3.63) is 72.3 Å². The largest absolute Gasteiger partial charge is 0.444 e. The molecular formula is C38H44N6O4. The third-order valence-electron chi connectivity index (χ3n) is 7.94. The van der Waals surface area contributed by atoms with Crippen LogP contribution in [0, 0.1) is 5.41 Å². The van der Waals surface area contributed by atoms with Crippen LogP contribution >= 0.6 is 0 Å². The Labute approximate surface area is 280 Å². The minimum atomic E-state index is -0.601. The first-order valence-corrected chi connectivity index (χ1v) is 16.2. The summed E-state index contributed by atoms with van der Waals surface area (Å²) in [4.78, 5) is 41.4. The van der Waals surface area contributed by atoms with E-state index in [-0.39, 0.29) is 18.0 Å². The van der Waals surface area contributed by atoms with Gasteiger partial charge in [0.1, 0.15) is 22.9 Å². The molecule has 2 amide bonds. The van der Waals surface area contributed by atoms with Gasteiger partial charge < -0.3 is 30.1 Å². The van der Waals surface area contributed by atoms with Crippen LogP contribution in [0.2, 0.25) is 0 Å². The van der Waals surface area contributed by atoms with E-state index in [1.54, 1.807) is 0 Å². The number of benzene rings is 4. The first kappa shape index (κ1) is 32.8. The maximum Gasteiger partial charge on any atom is 0.408 e. The second-order valence-corrected chi connectivity index (χ2v) is 15.4. The van der Waals surface area contributed by atoms with Crippen LogP contribution in [0.15, 0.2) is 60.7 Å². The molecule has 0 aliphatic rings. The summed E-state index contributed by atoms with van der Waals surface area (Å²) in [5, 5.41) is 9.98. The van der Waals surface area contributed by atoms with Crippen molar-refractivity contribution in [2.45, 2.75) is 86.1 Å². The average Bonchev–Trinajstić information content (AvgIpc) is 3.60. The lowest BCUT2D eigenvalue weighted by atomic mass is 9.86. The van der Waals surface area contributed by atoms with Gasteiger partial charge in [0.2, 0.25) is 0 Å². The molecule has 6 rings (SSSR count). The highest BCUT2D eigenvalue weighted by atomic mass is 16.6. The molecule has 0 radical (unpaired) electrons. The van der Waals surface area contributed by atoms with Gasteiger partial charge >= 0.3 is 12.2 Å². The van der Waals surface area contributed by atoms with Crippen molar-refractivity contribution in [1.29, 1.82) is 0 Å². The van der Waals surface area contributed by atoms with Crippen LogP contribution < -0.4 is 10.6 Å². The summed E-state index contributed by atoms with van der Waals surface area (Å²) in [5.74, 6) is 1.34. The zero-order chi connectivity index (χ0) is 34.6. The minimum Gasteiger partial charge on any atom is -0.444 e. The molecule has 6 aromatic rings. The Bertz CT molecular complexity index is 2180. The van der Waals surface area contributed by atoms with Crippen LogP contribution in [0.5, 0.6) is 0 Å². The molecule has 10 heteroatoms. The number of aromatic nitrogens is 4. The highest BCUT2D eigenvalue weighted by molar-refractivity contribution is 6.07. The number of alkyl carbamates (subject to hydrolysis) is 2. The van der Waals surface area contributed by atoms with E-state index < -0.39 is 23.4 Å². The number of hydrogen-bond donors (Lipinski definition) is 4. The number of fused-ring (bicyclic) bond motifs is 6. The zero-order valence-electron chi connectivity index (χ0n) is 29.1. The van der Waals surface area contributed by atoms with Crippen LogP contribution in [0.25, 0.3) is 54.7 Å². The second kappa shape index (κ2) is 11.8. The Morgan fingerprint density at radius 2 is 1.21 bits per heavy atom. The molecule has 0 saturated heterocycles. The number of rotatable bonds is 5. The zero-order valence-corrected chi connectivity index (χ0v) is 29.1. The highest BCUT2D eigenvalue weighted by Gasteiger charge is 2.32. The van der Waals surface area contributed by atoms with Gasteiger partial charge in [-0.1, -0.05) is 57.2 Å². The summed E-state index contributed by atoms with van der Waals surface area (Å²) in [6.45, 7) is 17.5. The normalized spacial score (nSPS) is 13.3. The van der Waals surface area contributed by atoms with E-state index in [1.807, 2.05) is 53.7 Å². The summed E-state index contributed by atoms with van der Waals surface area (Å²) in [5.41, 5.74) is 4.20. The van der Waals surface area contributed by atoms with Crippen molar-refractivity contribution in [3.8, 4) is 11.1 Å². The Kier molecular flexibility index (Phi) is 8.09. The molecular weight excluding hydrogens is 604 g/mol. The molecule has 2 heterocycles. The second-order valence-electron chi connectivity index (χ2n) is 15.4. The first-order valence-electron chi connectivity index (χ1n) is 16.2. The lowest BCUT2D eigenvalue weighted by molar-refractivity contribution is 0.0457. The van der Waals surface area contributed by atoms with E-state index in [0.29, 0.717) is 11.6 Å². The van der Waals surface area contributed by atoms with Gasteiger partial charge in [-0.25, -0.2) is 19.6 Å². The molecule has 0 saturated carbocycles. The number of carbonyl (C=O) groups excluding carboxylic acids is 2. The third-order valence-corrected chi connectivity index (χ3v) is 7.94. The van der Waals surface area contributed by atoms with E-state index in [0.717, 1.165) is 54.7 Å². The Balaban J connectivity index is 1.27. The molecule has 0 fully saturated rings. The summed E-state index contributed by atoms with van der Waals surface area (Å²) in [7, 11) is 0. The number of amides is 2. The number of H-pyrrole nitrogens is 2. The monoisotopic (exact) mass is 648 g/mol. The smallest absolute Gasteiger partial charge is 0.408 e. The van der Waals surface area contributed by atoms with Crippen LogP contribution in [0.1, 0.15) is 80.0 Å². The minimum absolute atomic E-state index is 0.238. The molecule has 0 aliphatic heterocycles. The molecule has 4 N–H and O–H groups in total. The fraction of sp³-hybridized carbons (Fsp3) is 0.368. The number of carbonyl (C=O) groups is 2. The molecule has 10 nitrogen and oxygen atoms in total. The first-order chi connectivity index (χ1) is 22.4. The maximum atomic E-state index is 12.7. The van der Waals surface area contributed by atoms with E-state index in [2.05, 4.69) is 89.9 Å². The quantitative estimate of drug-likeness (QED) is 0.147. The van der Waals surface area contributed by atoms with Gasteiger partial charge in [0, 0.05) is 10.8 Å². The van der Waals surface area contributed by atoms with Crippen LogP contribution in [0.3, 0.4) is 0 Å². The number of imidazole rings is 2. The standard InChI is InChI=1S/C38H44N6O4/c1-36(2,3)32(44-35(46)48-38(7,8)9)33-41-28-17-13-24-19-22(11-15-26(24)31(28)43-33)21-10-14-25-23(18-21)12-16-27-30(25)42-29(40-27)20-39-34(45)47-37(4,5)6/h10-19,32H,20H2,1-9H3,(H,39,45)(H,40,42)(H,41,43)(H,44,46). The molecule has 2 aromatic heterocycles. The van der Waals surface area contributed by atoms with Crippen molar-refractivity contribution < 1.29 is 19.1 Å². The predicted octanol–water partition coefficient (Wildman–Crippen LogP) is 9.05. The third kappa shape index (κ3) is 7.07. The van der Waals surface area contributed by atoms with Gasteiger partial charge in [-0.2, -0.15) is 0 Å². The van der Waals surface area contributed by atoms with Crippen LogP contribution in [-0.4, -0.2) is 43.3 Å². The van der Waals surface area contributed by atoms with Crippen molar-refractivity contribution in [1.82, 2.24) is 30.6 Å². The van der Waals surface area contributed by atoms with E-state index in [9.17, 15) is 9.59 Å². The SMILES string of the molecule is CC(C)(C)OC(=O)NCc1nc2c(ccc3cc(-c4ccc5c(ccc6[nH]c(C(NC(=O)OC(C)(C)C)C(C)(C)C)nc65)c4)ccc32)[nH]1. The summed E-state index contributed by atoms with van der Waals surface area (Å²) in [6, 6.07) is 20.6. The molecule has 1 unspecified atom stereocenters. The molecule has 0 bridgehead atoms. The molecule has 250 valence electrons. The Hall–Kier alpha value is -5.12. The molecule has 1 atom stereocenters. The topological polar surface area (TPSA) is 134 Å². The summed E-state index contributed by atoms with van der Waals surface area (Å²) in [6.07, 6.45) is -0.956. The maximum absolute atomic E-state index is 12.7. The summed E-state index contributed by atoms with van der Waals surface area (Å²) < 4.78 is 10.9. The lowest BCUT2D eigenvalue weighted by Crippen LogP contribution is -2.40. The average molecular weight is 649 g/mol. The van der Waals surface area contributed by atoms with Crippen molar-refractivity contribution in [2.75, 3.05) is 0 Å².